The molecule has 1 aromatic heterocycles. The number of amides is 3. The molecule has 0 bridgehead atoms. The van der Waals surface area contributed by atoms with Gasteiger partial charge in [-0.15, -0.1) is 0 Å². The number of piperidine rings is 1. The molecule has 1 aromatic carbocycles. The van der Waals surface area contributed by atoms with Gasteiger partial charge in [-0.2, -0.15) is 0 Å². The number of furan rings is 1. The van der Waals surface area contributed by atoms with Crippen LogP contribution in [0.15, 0.2) is 47.1 Å². The number of nitrogens with two attached hydrogens (primary N) is 1. The van der Waals surface area contributed by atoms with Crippen LogP contribution in [0, 0.1) is 5.92 Å². The number of hydrogen-bond donors (Lipinski definition) is 3. The molecule has 4 N–H and O–H groups in total. The quantitative estimate of drug-likeness (QED) is 0.577. The largest absolute Gasteiger partial charge is 0.463 e. The lowest BCUT2D eigenvalue weighted by molar-refractivity contribution is -0.946. The number of fused-ring (bicyclic) bond motifs is 1. The molecule has 2 aliphatic rings. The van der Waals surface area contributed by atoms with Gasteiger partial charge in [-0.05, 0) is 30.5 Å². The van der Waals surface area contributed by atoms with Gasteiger partial charge in [0.25, 0.3) is 0 Å². The first kappa shape index (κ1) is 21.1. The fourth-order valence-corrected chi connectivity index (χ4v) is 4.62. The van der Waals surface area contributed by atoms with Crippen molar-refractivity contribution in [3.8, 4) is 0 Å². The number of quaternary nitrogens is 1. The van der Waals surface area contributed by atoms with Gasteiger partial charge < -0.3 is 25.3 Å². The van der Waals surface area contributed by atoms with Crippen molar-refractivity contribution in [3.63, 3.8) is 0 Å². The van der Waals surface area contributed by atoms with E-state index in [1.807, 2.05) is 18.2 Å². The average Bonchev–Trinajstić information content (AvgIpc) is 3.33. The molecule has 0 aliphatic carbocycles. The molecular weight excluding hydrogens is 396 g/mol. The summed E-state index contributed by atoms with van der Waals surface area (Å²) in [6.45, 7) is 2.82. The second kappa shape index (κ2) is 9.34. The van der Waals surface area contributed by atoms with Crippen molar-refractivity contribution in [2.24, 2.45) is 11.7 Å². The van der Waals surface area contributed by atoms with Crippen LogP contribution in [-0.2, 0) is 27.3 Å². The Hall–Kier alpha value is -3.13. The molecule has 0 spiro atoms. The number of carbonyl (C=O) groups is 3. The molecule has 1 fully saturated rings. The summed E-state index contributed by atoms with van der Waals surface area (Å²) in [5.74, 6) is -0.944. The molecule has 2 aromatic rings. The number of hydrogen-bond acceptors (Lipinski definition) is 4. The zero-order valence-electron chi connectivity index (χ0n) is 17.5. The lowest BCUT2D eigenvalue weighted by Gasteiger charge is -2.32. The van der Waals surface area contributed by atoms with Gasteiger partial charge in [-0.3, -0.25) is 14.4 Å². The zero-order chi connectivity index (χ0) is 21.8. The summed E-state index contributed by atoms with van der Waals surface area (Å²) in [6.07, 6.45) is 3.60. The van der Waals surface area contributed by atoms with Gasteiger partial charge in [0.15, 0.2) is 11.8 Å². The van der Waals surface area contributed by atoms with Crippen LogP contribution in [0.2, 0.25) is 0 Å². The molecule has 0 radical (unpaired) electrons. The fraction of sp³-hybridized carbons (Fsp3) is 0.435. The van der Waals surface area contributed by atoms with Crippen LogP contribution in [0.1, 0.15) is 35.8 Å². The van der Waals surface area contributed by atoms with Crippen LogP contribution in [-0.4, -0.2) is 48.8 Å². The lowest BCUT2D eigenvalue weighted by atomic mass is 9.96. The van der Waals surface area contributed by atoms with E-state index in [-0.39, 0.29) is 17.9 Å². The molecule has 164 valence electrons. The Balaban J connectivity index is 1.38. The molecular formula is C23H29N4O4+. The van der Waals surface area contributed by atoms with E-state index < -0.39 is 11.8 Å². The van der Waals surface area contributed by atoms with E-state index in [1.165, 1.54) is 20.9 Å². The molecule has 1 unspecified atom stereocenters. The van der Waals surface area contributed by atoms with E-state index in [2.05, 4.69) is 23.5 Å². The molecule has 3 heterocycles. The minimum absolute atomic E-state index is 0.0827. The van der Waals surface area contributed by atoms with E-state index in [9.17, 15) is 14.4 Å². The van der Waals surface area contributed by atoms with Gasteiger partial charge in [0.05, 0.1) is 19.4 Å². The van der Waals surface area contributed by atoms with E-state index in [0.717, 1.165) is 25.3 Å². The molecule has 3 amide bonds. The Morgan fingerprint density at radius 3 is 2.55 bits per heavy atom. The normalized spacial score (nSPS) is 20.0. The van der Waals surface area contributed by atoms with Crippen molar-refractivity contribution in [3.05, 3.63) is 59.5 Å². The van der Waals surface area contributed by atoms with Crippen LogP contribution in [0.3, 0.4) is 0 Å². The van der Waals surface area contributed by atoms with Crippen LogP contribution in [0.4, 0.5) is 0 Å². The Labute approximate surface area is 181 Å². The topological polar surface area (TPSA) is 110 Å². The SMILES string of the molecule is NC(=O)C1CCN(C(=O)C(=O)NC[C@H](c2ccco2)[NH+]2CCc3ccccc3C2)CC1. The van der Waals surface area contributed by atoms with Gasteiger partial charge in [-0.25, -0.2) is 0 Å². The number of carbonyl (C=O) groups excluding carboxylic acids is 3. The third-order valence-corrected chi connectivity index (χ3v) is 6.48. The van der Waals surface area contributed by atoms with Crippen LogP contribution >= 0.6 is 0 Å². The highest BCUT2D eigenvalue weighted by molar-refractivity contribution is 6.35. The molecule has 8 nitrogen and oxygen atoms in total. The number of nitrogens with one attached hydrogen (secondary N) is 2. The second-order valence-corrected chi connectivity index (χ2v) is 8.35. The van der Waals surface area contributed by atoms with Gasteiger partial charge in [0.2, 0.25) is 5.91 Å². The van der Waals surface area contributed by atoms with Crippen molar-refractivity contribution >= 4 is 17.7 Å². The molecule has 0 saturated carbocycles. The summed E-state index contributed by atoms with van der Waals surface area (Å²) in [4.78, 5) is 39.3. The maximum absolute atomic E-state index is 12.6. The lowest BCUT2D eigenvalue weighted by Crippen LogP contribution is -3.12. The predicted molar refractivity (Wildman–Crippen MR) is 113 cm³/mol. The Bertz CT molecular complexity index is 935. The first-order valence-electron chi connectivity index (χ1n) is 10.8. The highest BCUT2D eigenvalue weighted by atomic mass is 16.3. The molecule has 2 atom stereocenters. The smallest absolute Gasteiger partial charge is 0.311 e. The summed E-state index contributed by atoms with van der Waals surface area (Å²) >= 11 is 0. The minimum Gasteiger partial charge on any atom is -0.463 e. The third kappa shape index (κ3) is 4.80. The minimum atomic E-state index is -0.620. The van der Waals surface area contributed by atoms with Gasteiger partial charge in [0, 0.05) is 31.0 Å². The maximum atomic E-state index is 12.6. The van der Waals surface area contributed by atoms with Crippen molar-refractivity contribution < 1.29 is 23.7 Å². The van der Waals surface area contributed by atoms with Crippen molar-refractivity contribution in [1.82, 2.24) is 10.2 Å². The van der Waals surface area contributed by atoms with Gasteiger partial charge in [-0.1, -0.05) is 24.3 Å². The first-order valence-corrected chi connectivity index (χ1v) is 10.8. The zero-order valence-corrected chi connectivity index (χ0v) is 17.5. The number of rotatable bonds is 5. The van der Waals surface area contributed by atoms with Crippen molar-refractivity contribution in [1.29, 1.82) is 0 Å². The number of likely N-dealkylation sites (tertiary alicyclic amines) is 1. The van der Waals surface area contributed by atoms with Crippen LogP contribution < -0.4 is 16.0 Å². The molecule has 1 saturated heterocycles. The van der Waals surface area contributed by atoms with Crippen LogP contribution in [0.5, 0.6) is 0 Å². The van der Waals surface area contributed by atoms with Crippen molar-refractivity contribution in [2.75, 3.05) is 26.2 Å². The molecule has 31 heavy (non-hydrogen) atoms. The Morgan fingerprint density at radius 1 is 1.13 bits per heavy atom. The fourth-order valence-electron chi connectivity index (χ4n) is 4.62. The number of nitrogens with zero attached hydrogens (tertiary/aromatic N) is 1. The third-order valence-electron chi connectivity index (χ3n) is 6.48. The Kier molecular flexibility index (Phi) is 6.36. The van der Waals surface area contributed by atoms with Crippen molar-refractivity contribution in [2.45, 2.75) is 31.8 Å². The van der Waals surface area contributed by atoms with E-state index in [0.29, 0.717) is 32.5 Å². The summed E-state index contributed by atoms with van der Waals surface area (Å²) in [6, 6.07) is 12.1. The predicted octanol–water partition coefficient (Wildman–Crippen LogP) is -0.198. The average molecular weight is 426 g/mol. The second-order valence-electron chi connectivity index (χ2n) is 8.35. The van der Waals surface area contributed by atoms with E-state index in [4.69, 9.17) is 10.2 Å². The van der Waals surface area contributed by atoms with Crippen LogP contribution in [0.25, 0.3) is 0 Å². The highest BCUT2D eigenvalue weighted by Crippen LogP contribution is 2.17. The maximum Gasteiger partial charge on any atom is 0.311 e. The van der Waals surface area contributed by atoms with Gasteiger partial charge >= 0.3 is 11.8 Å². The Morgan fingerprint density at radius 2 is 1.87 bits per heavy atom. The van der Waals surface area contributed by atoms with Gasteiger partial charge in [0.1, 0.15) is 6.54 Å². The van der Waals surface area contributed by atoms with E-state index >= 15 is 0 Å². The number of benzene rings is 1. The molecule has 4 rings (SSSR count). The highest BCUT2D eigenvalue weighted by Gasteiger charge is 2.33. The standard InChI is InChI=1S/C23H28N4O4/c24-21(28)17-8-10-26(11-9-17)23(30)22(29)25-14-19(20-6-3-13-31-20)27-12-7-16-4-1-2-5-18(16)15-27/h1-6,13,17,19H,7-12,14-15H2,(H2,24,28)(H,25,29)/p+1/t19-/m1/s1. The summed E-state index contributed by atoms with van der Waals surface area (Å²) < 4.78 is 5.67. The first-order chi connectivity index (χ1) is 15.0. The summed E-state index contributed by atoms with van der Waals surface area (Å²) in [5, 5.41) is 2.82. The molecule has 2 aliphatic heterocycles. The van der Waals surface area contributed by atoms with E-state index in [1.54, 1.807) is 6.26 Å². The summed E-state index contributed by atoms with van der Waals surface area (Å²) in [7, 11) is 0. The number of primary amides is 1. The monoisotopic (exact) mass is 425 g/mol. The summed E-state index contributed by atoms with van der Waals surface area (Å²) in [5.41, 5.74) is 8.01. The molecule has 8 heteroatoms.